The molecule has 70 heavy (non-hydrogen) atoms. The van der Waals surface area contributed by atoms with Crippen LogP contribution in [0.2, 0.25) is 143 Å². The molecule has 0 atom stereocenters. The number of imide groups is 2. The molecule has 2 aromatic carbocycles. The minimum atomic E-state index is -2.82. The summed E-state index contributed by atoms with van der Waals surface area (Å²) < 4.78 is 67.4. The second kappa shape index (κ2) is 21.9. The Morgan fingerprint density at radius 1 is 0.386 bits per heavy atom. The summed E-state index contributed by atoms with van der Waals surface area (Å²) in [5.74, 6) is -0.863. The highest BCUT2D eigenvalue weighted by Crippen LogP contribution is 2.35. The summed E-state index contributed by atoms with van der Waals surface area (Å²) in [6.07, 6.45) is 2.89. The van der Waals surface area contributed by atoms with Gasteiger partial charge in [0.25, 0.3) is 23.6 Å². The Labute approximate surface area is 429 Å². The number of carbonyl (C=O) groups excluding carboxylic acids is 4. The summed E-state index contributed by atoms with van der Waals surface area (Å²) in [5.41, 5.74) is 1.12. The van der Waals surface area contributed by atoms with Crippen LogP contribution in [-0.2, 0) is 37.0 Å². The number of ether oxygens (including phenoxy) is 1. The number of hydrogen-bond acceptors (Lipinski definition) is 14. The van der Waals surface area contributed by atoms with Gasteiger partial charge in [-0.1, -0.05) is 19.8 Å². The van der Waals surface area contributed by atoms with E-state index in [9.17, 15) is 19.2 Å². The molecule has 16 nitrogen and oxygen atoms in total. The summed E-state index contributed by atoms with van der Waals surface area (Å²) in [6.45, 7) is 44.3. The quantitative estimate of drug-likeness (QED) is 0.0612. The van der Waals surface area contributed by atoms with E-state index in [1.807, 2.05) is 52.4 Å². The Bertz CT molecular complexity index is 2270. The third-order valence-corrected chi connectivity index (χ3v) is 50.0. The summed E-state index contributed by atoms with van der Waals surface area (Å²) in [4.78, 5) is 54.2. The van der Waals surface area contributed by atoms with Crippen molar-refractivity contribution in [3.05, 3.63) is 58.7 Å². The van der Waals surface area contributed by atoms with Crippen molar-refractivity contribution in [2.45, 2.75) is 169 Å². The molecule has 26 heteroatoms. The van der Waals surface area contributed by atoms with Crippen LogP contribution in [0.25, 0.3) is 0 Å². The van der Waals surface area contributed by atoms with Gasteiger partial charge in [0.2, 0.25) is 0 Å². The average Bonchev–Trinajstić information content (AvgIpc) is 3.47. The highest BCUT2D eigenvalue weighted by Gasteiger charge is 2.51. The van der Waals surface area contributed by atoms with Crippen molar-refractivity contribution in [1.29, 1.82) is 0 Å². The molecule has 0 saturated carbocycles. The van der Waals surface area contributed by atoms with Gasteiger partial charge in [-0.05, 0) is 186 Å². The number of hydrogen-bond donors (Lipinski definition) is 0. The van der Waals surface area contributed by atoms with E-state index in [-0.39, 0.29) is 29.5 Å². The smallest absolute Gasteiger partial charge is 0.314 e. The molecular formula is C44H84N2O14Si10. The van der Waals surface area contributed by atoms with Crippen LogP contribution in [0.3, 0.4) is 0 Å². The van der Waals surface area contributed by atoms with E-state index < -0.39 is 96.9 Å². The Hall–Kier alpha value is -1.67. The van der Waals surface area contributed by atoms with E-state index in [1.54, 1.807) is 30.3 Å². The van der Waals surface area contributed by atoms with Crippen LogP contribution in [0.15, 0.2) is 36.4 Å². The SMILES string of the molecule is CCCC[Si](C)(C)O[Si](C)(C)O[Si](C)(C)O[Si](C)(C)O[Si](C)(C)O[Si](C)(C)O[Si](C)(C)O[Si](C)(C)O[Si](C)(C)O[Si](C)(C)CCCN1C(=O)c2ccc(Oc3ccc4c(c3)C(=O)N(C)C4=O)cc2C1=O. The number of rotatable bonds is 27. The summed E-state index contributed by atoms with van der Waals surface area (Å²) in [5, 5.41) is 0. The second-order valence-corrected chi connectivity index (χ2v) is 61.1. The van der Waals surface area contributed by atoms with Crippen molar-refractivity contribution in [3.8, 4) is 11.5 Å². The molecule has 0 N–H and O–H groups in total. The molecular weight excluding hydrogens is 1060 g/mol. The lowest BCUT2D eigenvalue weighted by atomic mass is 10.1. The van der Waals surface area contributed by atoms with Crippen LogP contribution in [0.5, 0.6) is 11.5 Å². The van der Waals surface area contributed by atoms with E-state index in [1.165, 1.54) is 24.4 Å². The van der Waals surface area contributed by atoms with Crippen LogP contribution < -0.4 is 4.74 Å². The maximum Gasteiger partial charge on any atom is 0.314 e. The van der Waals surface area contributed by atoms with Gasteiger partial charge >= 0.3 is 68.5 Å². The molecule has 0 fully saturated rings. The first-order chi connectivity index (χ1) is 31.5. The number of nitrogens with zero attached hydrogens (tertiary/aromatic N) is 2. The Balaban J connectivity index is 1.28. The molecule has 0 unspecified atom stereocenters. The lowest BCUT2D eigenvalue weighted by molar-refractivity contribution is 0.0648. The molecule has 0 saturated heterocycles. The fourth-order valence-corrected chi connectivity index (χ4v) is 61.2. The zero-order chi connectivity index (χ0) is 53.5. The summed E-state index contributed by atoms with van der Waals surface area (Å²) in [6, 6.07) is 11.2. The fourth-order valence-electron chi connectivity index (χ4n) is 10.1. The first-order valence-electron chi connectivity index (χ1n) is 24.4. The highest BCUT2D eigenvalue weighted by atomic mass is 28.5. The molecule has 0 aliphatic carbocycles. The van der Waals surface area contributed by atoms with Gasteiger partial charge in [0.15, 0.2) is 16.6 Å². The van der Waals surface area contributed by atoms with Crippen molar-refractivity contribution >= 4 is 109 Å². The molecule has 2 heterocycles. The van der Waals surface area contributed by atoms with Crippen LogP contribution in [0, 0.1) is 0 Å². The minimum absolute atomic E-state index is 0.238. The average molecular weight is 1150 g/mol. The van der Waals surface area contributed by atoms with E-state index in [4.69, 9.17) is 41.8 Å². The second-order valence-electron chi connectivity index (χ2n) is 23.3. The lowest BCUT2D eigenvalue weighted by Gasteiger charge is -2.44. The van der Waals surface area contributed by atoms with Gasteiger partial charge in [0.1, 0.15) is 11.5 Å². The van der Waals surface area contributed by atoms with Crippen LogP contribution >= 0.6 is 0 Å². The van der Waals surface area contributed by atoms with Crippen molar-refractivity contribution in [2.75, 3.05) is 13.6 Å². The van der Waals surface area contributed by atoms with E-state index >= 15 is 0 Å². The minimum Gasteiger partial charge on any atom is -0.457 e. The summed E-state index contributed by atoms with van der Waals surface area (Å²) in [7, 11) is -24.6. The van der Waals surface area contributed by atoms with E-state index in [0.717, 1.165) is 17.4 Å². The Kier molecular flexibility index (Phi) is 19.0. The maximum atomic E-state index is 13.6. The molecule has 0 bridgehead atoms. The predicted molar refractivity (Wildman–Crippen MR) is 298 cm³/mol. The van der Waals surface area contributed by atoms with E-state index in [2.05, 4.69) is 85.5 Å². The maximum absolute atomic E-state index is 13.6. The van der Waals surface area contributed by atoms with Crippen LogP contribution in [0.4, 0.5) is 0 Å². The first-order valence-corrected chi connectivity index (χ1v) is 53.2. The largest absolute Gasteiger partial charge is 0.457 e. The number of fused-ring (bicyclic) bond motifs is 2. The Morgan fingerprint density at radius 3 is 1.03 bits per heavy atom. The molecule has 4 amide bonds. The molecule has 2 aliphatic heterocycles. The third-order valence-electron chi connectivity index (χ3n) is 11.0. The number of benzene rings is 2. The normalized spacial score (nSPS) is 15.9. The fraction of sp³-hybridized carbons (Fsp3) is 0.636. The standard InChI is InChI=1S/C44H84N2O14Si10/c1-23-24-31-61(3,4)52-63(7,8)54-65(11,12)56-67(15,16)58-69(19,20)60-70(21,22)59-68(17,18)57-66(13,14)55-64(9,10)53-62(5,6)32-25-30-46-43(49)38-29-27-36(34-40(38)44(46)50)51-35-26-28-37-39(33-35)42(48)45(2)41(37)47/h26-29,33-34H,23-25,30-32H2,1-22H3. The Morgan fingerprint density at radius 2 is 0.671 bits per heavy atom. The van der Waals surface area contributed by atoms with Crippen molar-refractivity contribution in [2.24, 2.45) is 0 Å². The zero-order valence-corrected chi connectivity index (χ0v) is 56.3. The van der Waals surface area contributed by atoms with Gasteiger partial charge in [-0.2, -0.15) is 0 Å². The third kappa shape index (κ3) is 17.7. The van der Waals surface area contributed by atoms with Crippen LogP contribution in [-0.4, -0.2) is 132 Å². The van der Waals surface area contributed by atoms with Crippen molar-refractivity contribution in [1.82, 2.24) is 9.80 Å². The molecule has 0 radical (unpaired) electrons. The number of unbranched alkanes of at least 4 members (excludes halogenated alkanes) is 1. The van der Waals surface area contributed by atoms with Crippen molar-refractivity contribution < 1.29 is 61.0 Å². The van der Waals surface area contributed by atoms with Gasteiger partial charge in [0.05, 0.1) is 22.3 Å². The van der Waals surface area contributed by atoms with Gasteiger partial charge in [-0.3, -0.25) is 29.0 Å². The molecule has 2 aliphatic rings. The van der Waals surface area contributed by atoms with Crippen LogP contribution in [0.1, 0.15) is 67.6 Å². The molecule has 0 spiro atoms. The van der Waals surface area contributed by atoms with E-state index in [0.29, 0.717) is 35.1 Å². The highest BCUT2D eigenvalue weighted by molar-refractivity contribution is 6.93. The van der Waals surface area contributed by atoms with Gasteiger partial charge < -0.3 is 41.8 Å². The summed E-state index contributed by atoms with van der Waals surface area (Å²) >= 11 is 0. The number of amides is 4. The molecule has 4 rings (SSSR count). The lowest BCUT2D eigenvalue weighted by Crippen LogP contribution is -2.62. The molecule has 0 aromatic heterocycles. The van der Waals surface area contributed by atoms with Gasteiger partial charge in [-0.15, -0.1) is 0 Å². The van der Waals surface area contributed by atoms with Crippen molar-refractivity contribution in [3.63, 3.8) is 0 Å². The monoisotopic (exact) mass is 1140 g/mol. The van der Waals surface area contributed by atoms with Gasteiger partial charge in [0, 0.05) is 13.6 Å². The predicted octanol–water partition coefficient (Wildman–Crippen LogP) is 11.7. The number of carbonyl (C=O) groups is 4. The molecule has 394 valence electrons. The topological polar surface area (TPSA) is 167 Å². The zero-order valence-electron chi connectivity index (χ0n) is 46.3. The van der Waals surface area contributed by atoms with Gasteiger partial charge in [-0.25, -0.2) is 0 Å². The first kappa shape index (κ1) is 60.9. The molecule has 2 aromatic rings.